The van der Waals surface area contributed by atoms with Crippen molar-refractivity contribution >= 4 is 18.3 Å². The number of hydrogen-bond donors (Lipinski definition) is 2. The maximum atomic E-state index is 12.0. The zero-order valence-electron chi connectivity index (χ0n) is 11.3. The minimum absolute atomic E-state index is 0. The highest BCUT2D eigenvalue weighted by Crippen LogP contribution is 2.26. The van der Waals surface area contributed by atoms with Gasteiger partial charge in [0.1, 0.15) is 6.10 Å². The third kappa shape index (κ3) is 3.60. The molecule has 110 valence electrons. The Hall–Kier alpha value is -0.360. The topological polar surface area (TPSA) is 53.6 Å². The Morgan fingerprint density at radius 2 is 2.16 bits per heavy atom. The van der Waals surface area contributed by atoms with Crippen LogP contribution in [0.3, 0.4) is 0 Å². The molecule has 0 aliphatic carbocycles. The quantitative estimate of drug-likeness (QED) is 0.773. The molecule has 3 aliphatic rings. The number of carbonyl (C=O) groups is 1. The second-order valence-electron chi connectivity index (χ2n) is 5.59. The molecule has 3 heterocycles. The van der Waals surface area contributed by atoms with E-state index in [0.717, 1.165) is 32.5 Å². The summed E-state index contributed by atoms with van der Waals surface area (Å²) in [5.41, 5.74) is 0. The Bertz CT molecular complexity index is 298. The van der Waals surface area contributed by atoms with Crippen molar-refractivity contribution < 1.29 is 9.53 Å². The molecule has 0 aromatic carbocycles. The molecule has 1 amide bonds. The minimum atomic E-state index is -0.230. The molecule has 2 N–H and O–H groups in total. The van der Waals surface area contributed by atoms with Crippen LogP contribution in [0.15, 0.2) is 0 Å². The number of nitrogens with one attached hydrogen (secondary N) is 2. The number of likely N-dealkylation sites (tertiary alicyclic amines) is 1. The first-order valence-corrected chi connectivity index (χ1v) is 7.22. The lowest BCUT2D eigenvalue weighted by atomic mass is 10.1. The van der Waals surface area contributed by atoms with E-state index >= 15 is 0 Å². The molecule has 0 radical (unpaired) electrons. The maximum Gasteiger partial charge on any atom is 0.249 e. The van der Waals surface area contributed by atoms with E-state index in [1.54, 1.807) is 0 Å². The van der Waals surface area contributed by atoms with Crippen LogP contribution in [0.1, 0.15) is 25.7 Å². The summed E-state index contributed by atoms with van der Waals surface area (Å²) in [6, 6.07) is 0.402. The molecule has 0 saturated carbocycles. The Labute approximate surface area is 120 Å². The van der Waals surface area contributed by atoms with Crippen molar-refractivity contribution in [2.24, 2.45) is 0 Å². The monoisotopic (exact) mass is 289 g/mol. The van der Waals surface area contributed by atoms with Crippen LogP contribution in [0, 0.1) is 0 Å². The fraction of sp³-hybridized carbons (Fsp3) is 0.923. The average molecular weight is 290 g/mol. The third-order valence-electron chi connectivity index (χ3n) is 4.31. The van der Waals surface area contributed by atoms with Gasteiger partial charge in [-0.3, -0.25) is 4.79 Å². The second-order valence-corrected chi connectivity index (χ2v) is 5.59. The number of carbonyl (C=O) groups excluding carboxylic acids is 1. The summed E-state index contributed by atoms with van der Waals surface area (Å²) in [4.78, 5) is 14.4. The number of halogens is 1. The van der Waals surface area contributed by atoms with Crippen molar-refractivity contribution in [3.63, 3.8) is 0 Å². The number of fused-ring (bicyclic) bond motifs is 1. The average Bonchev–Trinajstić information content (AvgIpc) is 3.04. The molecule has 19 heavy (non-hydrogen) atoms. The molecule has 3 fully saturated rings. The van der Waals surface area contributed by atoms with Crippen LogP contribution in [0.2, 0.25) is 0 Å². The first-order valence-electron chi connectivity index (χ1n) is 7.22. The lowest BCUT2D eigenvalue weighted by Crippen LogP contribution is -2.39. The van der Waals surface area contributed by atoms with Crippen LogP contribution >= 0.6 is 12.4 Å². The molecule has 3 atom stereocenters. The molecule has 0 aromatic heterocycles. The fourth-order valence-corrected chi connectivity index (χ4v) is 3.26. The zero-order chi connectivity index (χ0) is 12.4. The Morgan fingerprint density at radius 1 is 1.37 bits per heavy atom. The summed E-state index contributed by atoms with van der Waals surface area (Å²) in [7, 11) is 0. The smallest absolute Gasteiger partial charge is 0.249 e. The summed E-state index contributed by atoms with van der Waals surface area (Å²) < 4.78 is 5.78. The molecule has 3 saturated heterocycles. The van der Waals surface area contributed by atoms with E-state index in [9.17, 15) is 4.79 Å². The van der Waals surface area contributed by atoms with Gasteiger partial charge in [0.25, 0.3) is 0 Å². The fourth-order valence-electron chi connectivity index (χ4n) is 3.26. The molecule has 3 aliphatic heterocycles. The van der Waals surface area contributed by atoms with Crippen molar-refractivity contribution in [3.05, 3.63) is 0 Å². The molecule has 0 unspecified atom stereocenters. The van der Waals surface area contributed by atoms with E-state index < -0.39 is 0 Å². The van der Waals surface area contributed by atoms with E-state index in [2.05, 4.69) is 15.5 Å². The highest BCUT2D eigenvalue weighted by atomic mass is 35.5. The van der Waals surface area contributed by atoms with Crippen LogP contribution in [-0.4, -0.2) is 61.8 Å². The van der Waals surface area contributed by atoms with Gasteiger partial charge in [0, 0.05) is 25.6 Å². The van der Waals surface area contributed by atoms with Crippen molar-refractivity contribution in [2.45, 2.75) is 43.9 Å². The lowest BCUT2D eigenvalue weighted by Gasteiger charge is -2.16. The predicted molar refractivity (Wildman–Crippen MR) is 75.6 cm³/mol. The molecule has 0 aromatic rings. The van der Waals surface area contributed by atoms with E-state index in [1.807, 2.05) is 0 Å². The zero-order valence-corrected chi connectivity index (χ0v) is 12.1. The first-order chi connectivity index (χ1) is 8.83. The highest BCUT2D eigenvalue weighted by molar-refractivity contribution is 5.85. The Kier molecular flexibility index (Phi) is 5.45. The third-order valence-corrected chi connectivity index (χ3v) is 4.31. The van der Waals surface area contributed by atoms with Gasteiger partial charge in [-0.15, -0.1) is 12.4 Å². The molecule has 6 heteroatoms. The molecule has 3 rings (SSSR count). The van der Waals surface area contributed by atoms with Crippen molar-refractivity contribution in [1.29, 1.82) is 0 Å². The van der Waals surface area contributed by atoms with Gasteiger partial charge < -0.3 is 20.3 Å². The summed E-state index contributed by atoms with van der Waals surface area (Å²) in [6.07, 6.45) is 4.51. The standard InChI is InChI=1S/C13H23N3O2.ClH/c17-13(15-5-8-16-6-1-2-7-16)12-9-10-11(18-12)3-4-14-10;/h10-12,14H,1-9H2,(H,15,17);1H/t10-,11-,12+;/m1./s1. The van der Waals surface area contributed by atoms with Gasteiger partial charge in [0.15, 0.2) is 0 Å². The molecule has 0 spiro atoms. The van der Waals surface area contributed by atoms with Crippen molar-refractivity contribution in [2.75, 3.05) is 32.7 Å². The number of hydrogen-bond acceptors (Lipinski definition) is 4. The normalized spacial score (nSPS) is 34.0. The summed E-state index contributed by atoms with van der Waals surface area (Å²) in [5, 5.41) is 6.40. The number of rotatable bonds is 4. The summed E-state index contributed by atoms with van der Waals surface area (Å²) >= 11 is 0. The molecular formula is C13H24ClN3O2. The van der Waals surface area contributed by atoms with Gasteiger partial charge in [0.2, 0.25) is 5.91 Å². The minimum Gasteiger partial charge on any atom is -0.363 e. The van der Waals surface area contributed by atoms with Crippen LogP contribution < -0.4 is 10.6 Å². The largest absolute Gasteiger partial charge is 0.363 e. The lowest BCUT2D eigenvalue weighted by molar-refractivity contribution is -0.132. The van der Waals surface area contributed by atoms with Gasteiger partial charge in [-0.2, -0.15) is 0 Å². The molecular weight excluding hydrogens is 266 g/mol. The number of amides is 1. The summed E-state index contributed by atoms with van der Waals surface area (Å²) in [5.74, 6) is 0.0744. The Balaban J connectivity index is 0.00000133. The van der Waals surface area contributed by atoms with Crippen LogP contribution in [0.4, 0.5) is 0 Å². The number of nitrogens with zero attached hydrogens (tertiary/aromatic N) is 1. The highest BCUT2D eigenvalue weighted by Gasteiger charge is 2.41. The maximum absolute atomic E-state index is 12.0. The van der Waals surface area contributed by atoms with Gasteiger partial charge in [-0.25, -0.2) is 0 Å². The van der Waals surface area contributed by atoms with E-state index in [1.165, 1.54) is 25.9 Å². The molecule has 5 nitrogen and oxygen atoms in total. The summed E-state index contributed by atoms with van der Waals surface area (Å²) in [6.45, 7) is 5.12. The van der Waals surface area contributed by atoms with Crippen LogP contribution in [0.5, 0.6) is 0 Å². The van der Waals surface area contributed by atoms with Gasteiger partial charge >= 0.3 is 0 Å². The van der Waals surface area contributed by atoms with E-state index in [-0.39, 0.29) is 30.5 Å². The second kappa shape index (κ2) is 6.88. The SMILES string of the molecule is Cl.O=C(NCCN1CCCC1)[C@@H]1C[C@H]2NCC[C@H]2O1. The number of ether oxygens (including phenoxy) is 1. The van der Waals surface area contributed by atoms with Crippen LogP contribution in [-0.2, 0) is 9.53 Å². The first kappa shape index (κ1) is 15.0. The molecule has 0 bridgehead atoms. The van der Waals surface area contributed by atoms with Crippen molar-refractivity contribution in [1.82, 2.24) is 15.5 Å². The van der Waals surface area contributed by atoms with Gasteiger partial charge in [0.05, 0.1) is 6.10 Å². The Morgan fingerprint density at radius 3 is 2.89 bits per heavy atom. The van der Waals surface area contributed by atoms with E-state index in [0.29, 0.717) is 6.04 Å². The predicted octanol–water partition coefficient (Wildman–Crippen LogP) is 0.140. The van der Waals surface area contributed by atoms with E-state index in [4.69, 9.17) is 4.74 Å². The van der Waals surface area contributed by atoms with Crippen molar-refractivity contribution in [3.8, 4) is 0 Å². The van der Waals surface area contributed by atoms with Crippen LogP contribution in [0.25, 0.3) is 0 Å². The van der Waals surface area contributed by atoms with Gasteiger partial charge in [-0.05, 0) is 38.9 Å². The van der Waals surface area contributed by atoms with Gasteiger partial charge in [-0.1, -0.05) is 0 Å².